The first kappa shape index (κ1) is 11.3. The molecule has 0 aromatic rings. The number of hydrogen-bond acceptors (Lipinski definition) is 0. The number of rotatable bonds is 5. The predicted molar refractivity (Wildman–Crippen MR) is 63.4 cm³/mol. The molecular weight excluding hydrogens is 259 g/mol. The van der Waals surface area contributed by atoms with Crippen molar-refractivity contribution in [2.45, 2.75) is 36.7 Å². The summed E-state index contributed by atoms with van der Waals surface area (Å²) in [6.07, 6.45) is 19.3. The predicted octanol–water partition coefficient (Wildman–Crippen LogP) is 4.51. The topological polar surface area (TPSA) is 0 Å². The quantitative estimate of drug-likeness (QED) is 0.694. The Kier molecular flexibility index (Phi) is 4.38. The number of unbranched alkanes of at least 4 members (excludes halogenated alkanes) is 1. The van der Waals surface area contributed by atoms with Gasteiger partial charge in [-0.2, -0.15) is 0 Å². The van der Waals surface area contributed by atoms with Gasteiger partial charge in [0.1, 0.15) is 0 Å². The van der Waals surface area contributed by atoms with Crippen LogP contribution in [0.3, 0.4) is 0 Å². The summed E-state index contributed by atoms with van der Waals surface area (Å²) >= 11 is -1.37. The summed E-state index contributed by atoms with van der Waals surface area (Å²) in [5, 5.41) is 0. The van der Waals surface area contributed by atoms with Crippen molar-refractivity contribution in [3.05, 3.63) is 43.0 Å². The fourth-order valence-electron chi connectivity index (χ4n) is 2.22. The zero-order valence-electron chi connectivity index (χ0n) is 9.50. The van der Waals surface area contributed by atoms with Gasteiger partial charge in [0, 0.05) is 0 Å². The van der Waals surface area contributed by atoms with Gasteiger partial charge in [0.2, 0.25) is 0 Å². The Balaban J connectivity index is 2.02. The van der Waals surface area contributed by atoms with Crippen LogP contribution in [0.2, 0.25) is 4.13 Å². The van der Waals surface area contributed by atoms with Crippen LogP contribution in [-0.4, -0.2) is 0 Å². The van der Waals surface area contributed by atoms with E-state index in [1.165, 1.54) is 29.8 Å². The van der Waals surface area contributed by atoms with Gasteiger partial charge in [-0.3, -0.25) is 0 Å². The summed E-state index contributed by atoms with van der Waals surface area (Å²) in [5.74, 6) is 0. The van der Waals surface area contributed by atoms with Crippen LogP contribution in [0.1, 0.15) is 32.6 Å². The second kappa shape index (κ2) is 5.80. The summed E-state index contributed by atoms with van der Waals surface area (Å²) in [7, 11) is 0. The van der Waals surface area contributed by atoms with E-state index in [9.17, 15) is 0 Å². The van der Waals surface area contributed by atoms with Gasteiger partial charge >= 0.3 is 102 Å². The molecule has 0 amide bonds. The first-order chi connectivity index (χ1) is 7.42. The van der Waals surface area contributed by atoms with Crippen LogP contribution in [-0.2, 0) is 21.8 Å². The third kappa shape index (κ3) is 2.91. The zero-order valence-corrected chi connectivity index (χ0v) is 12.0. The van der Waals surface area contributed by atoms with Gasteiger partial charge in [0.15, 0.2) is 0 Å². The van der Waals surface area contributed by atoms with E-state index in [1.54, 1.807) is 0 Å². The molecule has 2 aliphatic rings. The summed E-state index contributed by atoms with van der Waals surface area (Å²) in [6, 6.07) is 0. The van der Waals surface area contributed by atoms with Crippen molar-refractivity contribution >= 4 is 0 Å². The average molecular weight is 279 g/mol. The van der Waals surface area contributed by atoms with E-state index in [4.69, 9.17) is 0 Å². The van der Waals surface area contributed by atoms with Crippen molar-refractivity contribution in [3.63, 3.8) is 0 Å². The molecule has 0 bridgehead atoms. The molecule has 0 saturated heterocycles. The Morgan fingerprint density at radius 3 is 2.07 bits per heavy atom. The SMILES string of the molecule is CCC[CH2][Zr]([C]1=CC=CC1)[C]1=CC=CC1. The van der Waals surface area contributed by atoms with Gasteiger partial charge in [0.05, 0.1) is 0 Å². The van der Waals surface area contributed by atoms with Crippen LogP contribution in [0.5, 0.6) is 0 Å². The normalized spacial score (nSPS) is 18.2. The van der Waals surface area contributed by atoms with Crippen molar-refractivity contribution < 1.29 is 21.8 Å². The molecule has 1 heteroatoms. The van der Waals surface area contributed by atoms with E-state index in [-0.39, 0.29) is 0 Å². The Morgan fingerprint density at radius 2 is 1.67 bits per heavy atom. The molecule has 0 saturated carbocycles. The van der Waals surface area contributed by atoms with Crippen LogP contribution >= 0.6 is 0 Å². The molecule has 0 spiro atoms. The molecule has 2 rings (SSSR count). The summed E-state index contributed by atoms with van der Waals surface area (Å²) in [6.45, 7) is 2.31. The first-order valence-corrected chi connectivity index (χ1v) is 10.2. The molecule has 79 valence electrons. The molecule has 0 nitrogen and oxygen atoms in total. The van der Waals surface area contributed by atoms with Crippen molar-refractivity contribution in [3.8, 4) is 0 Å². The first-order valence-electron chi connectivity index (χ1n) is 5.99. The van der Waals surface area contributed by atoms with Gasteiger partial charge in [-0.05, 0) is 0 Å². The molecular formula is C14H19Zr. The number of hydrogen-bond donors (Lipinski definition) is 0. The molecule has 0 aliphatic heterocycles. The maximum atomic E-state index is 2.41. The third-order valence-electron chi connectivity index (χ3n) is 3.10. The molecule has 0 aromatic heterocycles. The molecule has 2 aliphatic carbocycles. The minimum atomic E-state index is -1.37. The molecule has 0 fully saturated rings. The monoisotopic (exact) mass is 277 g/mol. The number of allylic oxidation sites excluding steroid dienone is 8. The van der Waals surface area contributed by atoms with Gasteiger partial charge in [0.25, 0.3) is 0 Å². The standard InChI is InChI=1S/2C5H5.C4H9.Zr/c2*1-2-4-5-3-1;1-3-4-2;/h2*1-3H,4H2;1,3-4H2,2H3;. The van der Waals surface area contributed by atoms with Gasteiger partial charge in [-0.1, -0.05) is 0 Å². The molecule has 0 atom stereocenters. The van der Waals surface area contributed by atoms with E-state index >= 15 is 0 Å². The average Bonchev–Trinajstić information content (AvgIpc) is 2.90. The molecule has 0 unspecified atom stereocenters. The molecule has 0 radical (unpaired) electrons. The van der Waals surface area contributed by atoms with Crippen LogP contribution in [0.25, 0.3) is 0 Å². The van der Waals surface area contributed by atoms with Crippen LogP contribution in [0.15, 0.2) is 43.0 Å². The van der Waals surface area contributed by atoms with E-state index in [1.807, 2.05) is 6.56 Å². The van der Waals surface area contributed by atoms with Crippen molar-refractivity contribution in [1.82, 2.24) is 0 Å². The van der Waals surface area contributed by atoms with E-state index in [0.29, 0.717) is 0 Å². The Labute approximate surface area is 101 Å². The maximum absolute atomic E-state index is 2.41. The van der Waals surface area contributed by atoms with Crippen molar-refractivity contribution in [1.29, 1.82) is 0 Å². The second-order valence-corrected chi connectivity index (χ2v) is 11.0. The minimum absolute atomic E-state index is 1.26. The van der Waals surface area contributed by atoms with Crippen LogP contribution < -0.4 is 0 Å². The summed E-state index contributed by atoms with van der Waals surface area (Å²) in [4.78, 5) is 0. The fraction of sp³-hybridized carbons (Fsp3) is 0.429. The summed E-state index contributed by atoms with van der Waals surface area (Å²) in [5.41, 5.74) is 0. The van der Waals surface area contributed by atoms with E-state index in [2.05, 4.69) is 43.4 Å². The van der Waals surface area contributed by atoms with Crippen LogP contribution in [0.4, 0.5) is 0 Å². The third-order valence-corrected chi connectivity index (χ3v) is 10.8. The molecule has 0 heterocycles. The van der Waals surface area contributed by atoms with Crippen molar-refractivity contribution in [2.24, 2.45) is 0 Å². The van der Waals surface area contributed by atoms with E-state index < -0.39 is 21.8 Å². The summed E-state index contributed by atoms with van der Waals surface area (Å²) < 4.78 is 5.17. The Morgan fingerprint density at radius 1 is 1.07 bits per heavy atom. The molecule has 0 aromatic carbocycles. The Hall–Kier alpha value is -0.157. The van der Waals surface area contributed by atoms with Crippen molar-refractivity contribution in [2.75, 3.05) is 0 Å². The van der Waals surface area contributed by atoms with Gasteiger partial charge < -0.3 is 0 Å². The fourth-order valence-corrected chi connectivity index (χ4v) is 9.81. The van der Waals surface area contributed by atoms with E-state index in [0.717, 1.165) is 0 Å². The molecule has 15 heavy (non-hydrogen) atoms. The Bertz CT molecular complexity index is 301. The molecule has 0 N–H and O–H groups in total. The van der Waals surface area contributed by atoms with Crippen LogP contribution in [0, 0.1) is 0 Å². The zero-order chi connectivity index (χ0) is 10.5. The van der Waals surface area contributed by atoms with Gasteiger partial charge in [-0.25, -0.2) is 0 Å². The second-order valence-electron chi connectivity index (χ2n) is 4.23. The van der Waals surface area contributed by atoms with Gasteiger partial charge in [-0.15, -0.1) is 0 Å².